The molecular weight excluding hydrogens is 296 g/mol. The number of ether oxygens (including phenoxy) is 1. The molecule has 1 saturated heterocycles. The van der Waals surface area contributed by atoms with Gasteiger partial charge in [-0.25, -0.2) is 13.1 Å². The van der Waals surface area contributed by atoms with E-state index in [4.69, 9.17) is 4.74 Å². The van der Waals surface area contributed by atoms with Crippen molar-refractivity contribution in [2.45, 2.75) is 43.4 Å². The first-order valence-electron chi connectivity index (χ1n) is 7.18. The van der Waals surface area contributed by atoms with Gasteiger partial charge >= 0.3 is 5.97 Å². The van der Waals surface area contributed by atoms with E-state index < -0.39 is 27.2 Å². The zero-order chi connectivity index (χ0) is 15.6. The van der Waals surface area contributed by atoms with E-state index in [1.807, 2.05) is 0 Å². The van der Waals surface area contributed by atoms with E-state index >= 15 is 0 Å². The number of nitrogens with zero attached hydrogens (tertiary/aromatic N) is 1. The highest BCUT2D eigenvalue weighted by Gasteiger charge is 2.43. The predicted molar refractivity (Wildman–Crippen MR) is 75.9 cm³/mol. The van der Waals surface area contributed by atoms with Gasteiger partial charge in [-0.3, -0.25) is 9.59 Å². The number of amides is 1. The molecule has 1 aliphatic carbocycles. The Morgan fingerprint density at radius 1 is 1.33 bits per heavy atom. The van der Waals surface area contributed by atoms with E-state index in [-0.39, 0.29) is 11.9 Å². The van der Waals surface area contributed by atoms with Crippen LogP contribution >= 0.6 is 0 Å². The van der Waals surface area contributed by atoms with Crippen molar-refractivity contribution in [3.63, 3.8) is 0 Å². The largest absolute Gasteiger partial charge is 0.469 e. The first-order chi connectivity index (χ1) is 9.85. The van der Waals surface area contributed by atoms with Crippen molar-refractivity contribution < 1.29 is 22.7 Å². The minimum atomic E-state index is -3.59. The molecule has 21 heavy (non-hydrogen) atoms. The van der Waals surface area contributed by atoms with Gasteiger partial charge in [0.05, 0.1) is 18.3 Å². The molecule has 0 radical (unpaired) electrons. The Labute approximate surface area is 125 Å². The number of esters is 1. The van der Waals surface area contributed by atoms with Gasteiger partial charge in [0.2, 0.25) is 15.9 Å². The van der Waals surface area contributed by atoms with Gasteiger partial charge < -0.3 is 9.64 Å². The van der Waals surface area contributed by atoms with Crippen molar-refractivity contribution in [1.29, 1.82) is 0 Å². The number of hydrogen-bond acceptors (Lipinski definition) is 5. The number of methoxy groups -OCH3 is 1. The zero-order valence-electron chi connectivity index (χ0n) is 12.4. The van der Waals surface area contributed by atoms with Crippen molar-refractivity contribution in [1.82, 2.24) is 9.62 Å². The number of rotatable bonds is 4. The van der Waals surface area contributed by atoms with Crippen molar-refractivity contribution in [3.8, 4) is 0 Å². The molecule has 3 atom stereocenters. The van der Waals surface area contributed by atoms with Crippen molar-refractivity contribution in [2.75, 3.05) is 20.7 Å². The van der Waals surface area contributed by atoms with Crippen LogP contribution in [0.3, 0.4) is 0 Å². The van der Waals surface area contributed by atoms with E-state index in [0.29, 0.717) is 38.6 Å². The van der Waals surface area contributed by atoms with E-state index in [9.17, 15) is 18.0 Å². The first kappa shape index (κ1) is 16.2. The molecule has 2 fully saturated rings. The molecule has 1 amide bonds. The lowest BCUT2D eigenvalue weighted by Gasteiger charge is -2.31. The fraction of sp³-hybridized carbons (Fsp3) is 0.846. The fourth-order valence-electron chi connectivity index (χ4n) is 3.15. The zero-order valence-corrected chi connectivity index (χ0v) is 13.2. The molecular formula is C13H22N2O5S. The van der Waals surface area contributed by atoms with Crippen molar-refractivity contribution in [3.05, 3.63) is 0 Å². The Kier molecular flexibility index (Phi) is 4.88. The maximum absolute atomic E-state index is 12.5. The van der Waals surface area contributed by atoms with E-state index in [1.165, 1.54) is 12.0 Å². The minimum absolute atomic E-state index is 0.0266. The van der Waals surface area contributed by atoms with Gasteiger partial charge in [-0.2, -0.15) is 0 Å². The lowest BCUT2D eigenvalue weighted by Crippen LogP contribution is -2.51. The molecule has 3 unspecified atom stereocenters. The molecule has 1 N–H and O–H groups in total. The van der Waals surface area contributed by atoms with Crippen molar-refractivity contribution in [2.24, 2.45) is 5.92 Å². The highest BCUT2D eigenvalue weighted by Crippen LogP contribution is 2.32. The summed E-state index contributed by atoms with van der Waals surface area (Å²) in [6.45, 7) is 0.369. The van der Waals surface area contributed by atoms with E-state index in [2.05, 4.69) is 4.72 Å². The summed E-state index contributed by atoms with van der Waals surface area (Å²) in [5, 5.41) is -0.729. The number of piperidine rings is 1. The van der Waals surface area contributed by atoms with Gasteiger partial charge in [-0.05, 0) is 19.3 Å². The Balaban J connectivity index is 2.04. The second-order valence-corrected chi connectivity index (χ2v) is 7.70. The molecule has 0 aromatic carbocycles. The first-order valence-corrected chi connectivity index (χ1v) is 8.72. The smallest absolute Gasteiger partial charge is 0.310 e. The normalized spacial score (nSPS) is 30.5. The molecule has 0 spiro atoms. The lowest BCUT2D eigenvalue weighted by molar-refractivity contribution is -0.145. The molecule has 1 heterocycles. The van der Waals surface area contributed by atoms with Crippen LogP contribution in [0.25, 0.3) is 0 Å². The number of nitrogens with one attached hydrogen (secondary N) is 1. The summed E-state index contributed by atoms with van der Waals surface area (Å²) in [4.78, 5) is 24.7. The predicted octanol–water partition coefficient (Wildman–Crippen LogP) is -0.132. The molecule has 2 aliphatic rings. The van der Waals surface area contributed by atoms with Crippen LogP contribution < -0.4 is 4.72 Å². The maximum Gasteiger partial charge on any atom is 0.310 e. The molecule has 2 rings (SSSR count). The minimum Gasteiger partial charge on any atom is -0.469 e. The number of likely N-dealkylation sites (N-methyl/N-ethyl adjacent to an activating group) is 1. The average Bonchev–Trinajstić information content (AvgIpc) is 2.92. The van der Waals surface area contributed by atoms with Crippen molar-refractivity contribution >= 4 is 21.9 Å². The van der Waals surface area contributed by atoms with Crippen LogP contribution in [0.15, 0.2) is 0 Å². The third-order valence-electron chi connectivity index (χ3n) is 4.31. The topological polar surface area (TPSA) is 92.8 Å². The maximum atomic E-state index is 12.5. The van der Waals surface area contributed by atoms with Crippen LogP contribution in [-0.4, -0.2) is 57.2 Å². The molecule has 120 valence electrons. The number of carbonyl (C=O) groups excluding carboxylic acids is 2. The number of carbonyl (C=O) groups is 2. The SMILES string of the molecule is COC(=O)C1CCCC1S(=O)(=O)NC1CCC(=O)N(C)C1. The monoisotopic (exact) mass is 318 g/mol. The summed E-state index contributed by atoms with van der Waals surface area (Å²) < 4.78 is 32.4. The third-order valence-corrected chi connectivity index (χ3v) is 6.34. The van der Waals surface area contributed by atoms with Crippen LogP contribution in [0, 0.1) is 5.92 Å². The van der Waals surface area contributed by atoms with Crippen LogP contribution in [0.2, 0.25) is 0 Å². The van der Waals surface area contributed by atoms with E-state index in [0.717, 1.165) is 0 Å². The van der Waals surface area contributed by atoms with E-state index in [1.54, 1.807) is 7.05 Å². The third kappa shape index (κ3) is 3.55. The van der Waals surface area contributed by atoms with Crippen LogP contribution in [0.4, 0.5) is 0 Å². The Bertz CT molecular complexity index is 519. The number of hydrogen-bond donors (Lipinski definition) is 1. The standard InChI is InChI=1S/C13H22N2O5S/c1-15-8-9(6-7-12(15)16)14-21(18,19)11-5-3-4-10(11)13(17)20-2/h9-11,14H,3-8H2,1-2H3. The highest BCUT2D eigenvalue weighted by molar-refractivity contribution is 7.90. The van der Waals surface area contributed by atoms with Gasteiger partial charge in [0.1, 0.15) is 0 Å². The molecule has 8 heteroatoms. The molecule has 0 bridgehead atoms. The second-order valence-electron chi connectivity index (χ2n) is 5.77. The number of likely N-dealkylation sites (tertiary alicyclic amines) is 1. The summed E-state index contributed by atoms with van der Waals surface area (Å²) in [5.74, 6) is -1.02. The van der Waals surface area contributed by atoms with Gasteiger partial charge in [0, 0.05) is 26.1 Å². The average molecular weight is 318 g/mol. The Morgan fingerprint density at radius 3 is 2.67 bits per heavy atom. The van der Waals surface area contributed by atoms with Crippen LogP contribution in [0.1, 0.15) is 32.1 Å². The Morgan fingerprint density at radius 2 is 2.05 bits per heavy atom. The fourth-order valence-corrected chi connectivity index (χ4v) is 5.14. The molecule has 7 nitrogen and oxygen atoms in total. The van der Waals surface area contributed by atoms with Crippen LogP contribution in [0.5, 0.6) is 0 Å². The van der Waals surface area contributed by atoms with Crippen LogP contribution in [-0.2, 0) is 24.3 Å². The van der Waals surface area contributed by atoms with Gasteiger partial charge in [-0.15, -0.1) is 0 Å². The summed E-state index contributed by atoms with van der Waals surface area (Å²) >= 11 is 0. The van der Waals surface area contributed by atoms with Gasteiger partial charge in [-0.1, -0.05) is 6.42 Å². The Hall–Kier alpha value is -1.15. The highest BCUT2D eigenvalue weighted by atomic mass is 32.2. The summed E-state index contributed by atoms with van der Waals surface area (Å²) in [7, 11) is -0.654. The summed E-state index contributed by atoms with van der Waals surface area (Å²) in [6, 6.07) is -0.281. The number of sulfonamides is 1. The lowest BCUT2D eigenvalue weighted by atomic mass is 10.1. The molecule has 0 aromatic heterocycles. The molecule has 1 aliphatic heterocycles. The van der Waals surface area contributed by atoms with Gasteiger partial charge in [0.15, 0.2) is 0 Å². The second kappa shape index (κ2) is 6.31. The summed E-state index contributed by atoms with van der Waals surface area (Å²) in [5.41, 5.74) is 0. The summed E-state index contributed by atoms with van der Waals surface area (Å²) in [6.07, 6.45) is 2.55. The quantitative estimate of drug-likeness (QED) is 0.729. The molecule has 1 saturated carbocycles. The van der Waals surface area contributed by atoms with Gasteiger partial charge in [0.25, 0.3) is 0 Å². The molecule has 0 aromatic rings.